The summed E-state index contributed by atoms with van der Waals surface area (Å²) in [7, 11) is 0. The highest BCUT2D eigenvalue weighted by Gasteiger charge is 2.39. The summed E-state index contributed by atoms with van der Waals surface area (Å²) in [4.78, 5) is 11.9. The van der Waals surface area contributed by atoms with Crippen LogP contribution in [-0.2, 0) is 4.79 Å². The minimum Gasteiger partial charge on any atom is -0.480 e. The number of hydrogen-bond donors (Lipinski definition) is 2. The minimum absolute atomic E-state index is 0.322. The normalized spacial score (nSPS) is 11.9. The Kier molecular flexibility index (Phi) is 5.61. The summed E-state index contributed by atoms with van der Waals surface area (Å²) in [6, 6.07) is 7.90. The zero-order valence-electron chi connectivity index (χ0n) is 13.2. The molecule has 2 N–H and O–H groups in total. The molecule has 0 aliphatic carbocycles. The topological polar surface area (TPSA) is 49.3 Å². The molecule has 3 nitrogen and oxygen atoms in total. The molecule has 1 aromatic carbocycles. The van der Waals surface area contributed by atoms with Gasteiger partial charge in [-0.05, 0) is 43.7 Å². The molecule has 0 saturated carbocycles. The molecule has 0 fully saturated rings. The second kappa shape index (κ2) is 6.78. The molecule has 0 heterocycles. The van der Waals surface area contributed by atoms with Crippen molar-refractivity contribution < 1.29 is 9.90 Å². The SMILES string of the molecule is Cc1ccc(NC(CC(C)C)(CC(C)C)C(=O)O)cc1. The van der Waals surface area contributed by atoms with Crippen LogP contribution in [0.15, 0.2) is 24.3 Å². The van der Waals surface area contributed by atoms with Gasteiger partial charge in [-0.25, -0.2) is 4.79 Å². The van der Waals surface area contributed by atoms with Gasteiger partial charge in [-0.1, -0.05) is 45.4 Å². The largest absolute Gasteiger partial charge is 0.480 e. The van der Waals surface area contributed by atoms with Crippen LogP contribution in [0.1, 0.15) is 46.1 Å². The van der Waals surface area contributed by atoms with Gasteiger partial charge in [-0.15, -0.1) is 0 Å². The molecule has 0 spiro atoms. The van der Waals surface area contributed by atoms with Crippen LogP contribution in [0, 0.1) is 18.8 Å². The Hall–Kier alpha value is -1.51. The van der Waals surface area contributed by atoms with E-state index in [9.17, 15) is 9.90 Å². The summed E-state index contributed by atoms with van der Waals surface area (Å²) in [5.74, 6) is -0.119. The molecule has 3 heteroatoms. The van der Waals surface area contributed by atoms with Crippen molar-refractivity contribution in [3.8, 4) is 0 Å². The highest BCUT2D eigenvalue weighted by Crippen LogP contribution is 2.30. The van der Waals surface area contributed by atoms with Crippen LogP contribution in [-0.4, -0.2) is 16.6 Å². The zero-order valence-corrected chi connectivity index (χ0v) is 13.2. The van der Waals surface area contributed by atoms with E-state index < -0.39 is 11.5 Å². The molecule has 0 atom stereocenters. The average Bonchev–Trinajstić information content (AvgIpc) is 2.30. The Morgan fingerprint density at radius 3 is 1.90 bits per heavy atom. The van der Waals surface area contributed by atoms with Crippen LogP contribution >= 0.6 is 0 Å². The first kappa shape index (κ1) is 16.5. The van der Waals surface area contributed by atoms with Gasteiger partial charge in [0, 0.05) is 5.69 Å². The fourth-order valence-corrected chi connectivity index (χ4v) is 2.72. The molecule has 20 heavy (non-hydrogen) atoms. The Balaban J connectivity index is 3.06. The van der Waals surface area contributed by atoms with Gasteiger partial charge < -0.3 is 10.4 Å². The third-order valence-electron chi connectivity index (χ3n) is 3.36. The van der Waals surface area contributed by atoms with E-state index in [2.05, 4.69) is 33.0 Å². The monoisotopic (exact) mass is 277 g/mol. The van der Waals surface area contributed by atoms with Gasteiger partial charge in [0.15, 0.2) is 0 Å². The highest BCUT2D eigenvalue weighted by atomic mass is 16.4. The average molecular weight is 277 g/mol. The van der Waals surface area contributed by atoms with E-state index in [4.69, 9.17) is 0 Å². The molecule has 0 bridgehead atoms. The van der Waals surface area contributed by atoms with Crippen molar-refractivity contribution in [3.05, 3.63) is 29.8 Å². The number of carboxylic acid groups (broad SMARTS) is 1. The lowest BCUT2D eigenvalue weighted by Gasteiger charge is -2.34. The van der Waals surface area contributed by atoms with Crippen molar-refractivity contribution in [1.29, 1.82) is 0 Å². The third-order valence-corrected chi connectivity index (χ3v) is 3.36. The second-order valence-corrected chi connectivity index (χ2v) is 6.57. The predicted molar refractivity (Wildman–Crippen MR) is 84.1 cm³/mol. The summed E-state index contributed by atoms with van der Waals surface area (Å²) in [6.45, 7) is 10.3. The lowest BCUT2D eigenvalue weighted by Crippen LogP contribution is -2.48. The fraction of sp³-hybridized carbons (Fsp3) is 0.588. The molecule has 0 saturated heterocycles. The van der Waals surface area contributed by atoms with Gasteiger partial charge in [-0.2, -0.15) is 0 Å². The number of anilines is 1. The molecule has 0 aromatic heterocycles. The number of aryl methyl sites for hydroxylation is 1. The third kappa shape index (κ3) is 4.55. The smallest absolute Gasteiger partial charge is 0.329 e. The second-order valence-electron chi connectivity index (χ2n) is 6.57. The first-order valence-corrected chi connectivity index (χ1v) is 7.33. The zero-order chi connectivity index (χ0) is 15.3. The number of benzene rings is 1. The number of hydrogen-bond acceptors (Lipinski definition) is 2. The van der Waals surface area contributed by atoms with E-state index in [1.807, 2.05) is 31.2 Å². The lowest BCUT2D eigenvalue weighted by atomic mass is 9.81. The first-order valence-electron chi connectivity index (χ1n) is 7.33. The number of nitrogens with one attached hydrogen (secondary N) is 1. The van der Waals surface area contributed by atoms with E-state index in [1.165, 1.54) is 5.56 Å². The van der Waals surface area contributed by atoms with E-state index in [-0.39, 0.29) is 0 Å². The number of carbonyl (C=O) groups is 1. The molecular formula is C17H27NO2. The Morgan fingerprint density at radius 1 is 1.10 bits per heavy atom. The van der Waals surface area contributed by atoms with Crippen molar-refractivity contribution >= 4 is 11.7 Å². The summed E-state index contributed by atoms with van der Waals surface area (Å²) >= 11 is 0. The van der Waals surface area contributed by atoms with Gasteiger partial charge in [0.25, 0.3) is 0 Å². The number of rotatable bonds is 7. The maximum absolute atomic E-state index is 11.9. The maximum Gasteiger partial charge on any atom is 0.329 e. The van der Waals surface area contributed by atoms with E-state index in [0.717, 1.165) is 5.69 Å². The molecule has 0 radical (unpaired) electrons. The van der Waals surface area contributed by atoms with Crippen LogP contribution < -0.4 is 5.32 Å². The summed E-state index contributed by atoms with van der Waals surface area (Å²) in [5.41, 5.74) is 1.15. The van der Waals surface area contributed by atoms with E-state index >= 15 is 0 Å². The predicted octanol–water partition coefficient (Wildman–Crippen LogP) is 4.32. The summed E-state index contributed by atoms with van der Waals surface area (Å²) in [6.07, 6.45) is 1.24. The molecule has 1 aromatic rings. The van der Waals surface area contributed by atoms with Crippen LogP contribution in [0.25, 0.3) is 0 Å². The highest BCUT2D eigenvalue weighted by molar-refractivity contribution is 5.82. The van der Waals surface area contributed by atoms with Gasteiger partial charge in [0.05, 0.1) is 0 Å². The van der Waals surface area contributed by atoms with Crippen molar-refractivity contribution in [2.75, 3.05) is 5.32 Å². The minimum atomic E-state index is -0.891. The number of carboxylic acids is 1. The molecule has 0 unspecified atom stereocenters. The summed E-state index contributed by atoms with van der Waals surface area (Å²) in [5, 5.41) is 13.1. The standard InChI is InChI=1S/C17H27NO2/c1-12(2)10-17(16(19)20,11-13(3)4)18-15-8-6-14(5)7-9-15/h6-9,12-13,18H,10-11H2,1-5H3,(H,19,20). The van der Waals surface area contributed by atoms with Gasteiger partial charge in [0.1, 0.15) is 5.54 Å². The van der Waals surface area contributed by atoms with Gasteiger partial charge in [-0.3, -0.25) is 0 Å². The van der Waals surface area contributed by atoms with Crippen molar-refractivity contribution in [3.63, 3.8) is 0 Å². The Morgan fingerprint density at radius 2 is 1.55 bits per heavy atom. The van der Waals surface area contributed by atoms with Gasteiger partial charge >= 0.3 is 5.97 Å². The Labute approximate surface area is 122 Å². The maximum atomic E-state index is 11.9. The van der Waals surface area contributed by atoms with E-state index in [1.54, 1.807) is 0 Å². The van der Waals surface area contributed by atoms with Crippen molar-refractivity contribution in [2.24, 2.45) is 11.8 Å². The molecule has 0 aliphatic rings. The van der Waals surface area contributed by atoms with Crippen LogP contribution in [0.4, 0.5) is 5.69 Å². The quantitative estimate of drug-likeness (QED) is 0.780. The Bertz CT molecular complexity index is 425. The van der Waals surface area contributed by atoms with Crippen molar-refractivity contribution in [2.45, 2.75) is 53.0 Å². The van der Waals surface area contributed by atoms with Crippen molar-refractivity contribution in [1.82, 2.24) is 0 Å². The number of aliphatic carboxylic acids is 1. The first-order chi connectivity index (χ1) is 9.25. The van der Waals surface area contributed by atoms with Crippen LogP contribution in [0.3, 0.4) is 0 Å². The summed E-state index contributed by atoms with van der Waals surface area (Å²) < 4.78 is 0. The fourth-order valence-electron chi connectivity index (χ4n) is 2.72. The lowest BCUT2D eigenvalue weighted by molar-refractivity contribution is -0.143. The van der Waals surface area contributed by atoms with Crippen LogP contribution in [0.5, 0.6) is 0 Å². The van der Waals surface area contributed by atoms with Crippen LogP contribution in [0.2, 0.25) is 0 Å². The molecular weight excluding hydrogens is 250 g/mol. The molecule has 1 rings (SSSR count). The molecule has 0 aliphatic heterocycles. The van der Waals surface area contributed by atoms with E-state index in [0.29, 0.717) is 24.7 Å². The van der Waals surface area contributed by atoms with Gasteiger partial charge in [0.2, 0.25) is 0 Å². The molecule has 112 valence electrons. The molecule has 0 amide bonds.